The Morgan fingerprint density at radius 1 is 0.680 bits per heavy atom. The maximum atomic E-state index is 4.80. The van der Waals surface area contributed by atoms with Gasteiger partial charge in [-0.25, -0.2) is 4.99 Å². The van der Waals surface area contributed by atoms with Gasteiger partial charge in [0.05, 0.1) is 12.0 Å². The molecule has 0 N–H and O–H groups in total. The molecule has 0 spiro atoms. The minimum absolute atomic E-state index is 0.837. The maximum absolute atomic E-state index is 4.80. The third-order valence-corrected chi connectivity index (χ3v) is 4.25. The molecular weight excluding hydrogens is 304 g/mol. The predicted octanol–water partition coefficient (Wildman–Crippen LogP) is 5.67. The molecule has 2 heteroatoms. The van der Waals surface area contributed by atoms with Gasteiger partial charge in [-0.15, -0.1) is 0 Å². The summed E-state index contributed by atoms with van der Waals surface area (Å²) in [5.41, 5.74) is 6.04. The average molecular weight is 328 g/mol. The van der Waals surface area contributed by atoms with E-state index in [0.29, 0.717) is 0 Å². The molecule has 0 aliphatic heterocycles. The van der Waals surface area contributed by atoms with Crippen molar-refractivity contribution in [2.45, 2.75) is 26.9 Å². The second-order valence-electron chi connectivity index (χ2n) is 6.36. The molecule has 0 unspecified atom stereocenters. The van der Waals surface area contributed by atoms with Gasteiger partial charge in [0.25, 0.3) is 0 Å². The second kappa shape index (κ2) is 8.29. The minimum atomic E-state index is 0.837. The summed E-state index contributed by atoms with van der Waals surface area (Å²) < 4.78 is 0. The zero-order valence-electron chi connectivity index (χ0n) is 14.9. The predicted molar refractivity (Wildman–Crippen MR) is 106 cm³/mol. The number of hydrogen-bond acceptors (Lipinski definition) is 1. The molecule has 3 aromatic rings. The van der Waals surface area contributed by atoms with Crippen LogP contribution < -0.4 is 0 Å². The summed E-state index contributed by atoms with van der Waals surface area (Å²) in [6, 6.07) is 27.4. The molecule has 0 atom stereocenters. The molecule has 0 radical (unpaired) electrons. The summed E-state index contributed by atoms with van der Waals surface area (Å²) in [6.07, 6.45) is 1.98. The fourth-order valence-electron chi connectivity index (χ4n) is 2.92. The Morgan fingerprint density at radius 3 is 1.64 bits per heavy atom. The number of rotatable bonds is 6. The van der Waals surface area contributed by atoms with Crippen LogP contribution in [0.1, 0.15) is 22.3 Å². The van der Waals surface area contributed by atoms with Gasteiger partial charge in [-0.05, 0) is 36.1 Å². The molecule has 0 fully saturated rings. The molecule has 2 nitrogen and oxygen atoms in total. The third kappa shape index (κ3) is 4.80. The van der Waals surface area contributed by atoms with Crippen molar-refractivity contribution in [3.63, 3.8) is 0 Å². The summed E-state index contributed by atoms with van der Waals surface area (Å²) in [7, 11) is 0. The van der Waals surface area contributed by atoms with Gasteiger partial charge in [0.15, 0.2) is 0 Å². The van der Waals surface area contributed by atoms with Crippen molar-refractivity contribution in [3.8, 4) is 0 Å². The third-order valence-electron chi connectivity index (χ3n) is 4.25. The van der Waals surface area contributed by atoms with Crippen molar-refractivity contribution < 1.29 is 0 Å². The van der Waals surface area contributed by atoms with Crippen LogP contribution in [0.25, 0.3) is 0 Å². The van der Waals surface area contributed by atoms with E-state index in [1.54, 1.807) is 0 Å². The molecule has 0 aromatic heterocycles. The number of para-hydroxylation sites is 1. The van der Waals surface area contributed by atoms with Crippen molar-refractivity contribution in [2.75, 3.05) is 0 Å². The molecule has 25 heavy (non-hydrogen) atoms. The second-order valence-corrected chi connectivity index (χ2v) is 6.36. The van der Waals surface area contributed by atoms with E-state index >= 15 is 0 Å². The fraction of sp³-hybridized carbons (Fsp3) is 0.174. The van der Waals surface area contributed by atoms with Crippen LogP contribution in [0, 0.1) is 13.8 Å². The summed E-state index contributed by atoms with van der Waals surface area (Å²) in [4.78, 5) is 7.06. The van der Waals surface area contributed by atoms with Crippen LogP contribution in [-0.2, 0) is 13.1 Å². The maximum Gasteiger partial charge on any atom is 0.0918 e. The minimum Gasteiger partial charge on any atom is -0.354 e. The molecule has 0 heterocycles. The number of benzene rings is 3. The topological polar surface area (TPSA) is 15.6 Å². The van der Waals surface area contributed by atoms with Gasteiger partial charge in [-0.1, -0.05) is 78.9 Å². The zero-order valence-corrected chi connectivity index (χ0v) is 14.9. The van der Waals surface area contributed by atoms with E-state index in [2.05, 4.69) is 97.6 Å². The number of aliphatic imine (C=N–C) groups is 1. The molecule has 0 aliphatic carbocycles. The van der Waals surface area contributed by atoms with Gasteiger partial charge in [-0.3, -0.25) is 0 Å². The van der Waals surface area contributed by atoms with Crippen molar-refractivity contribution in [3.05, 3.63) is 101 Å². The Bertz CT molecular complexity index is 761. The van der Waals surface area contributed by atoms with Crippen molar-refractivity contribution >= 4 is 12.0 Å². The van der Waals surface area contributed by atoms with Gasteiger partial charge in [0.2, 0.25) is 0 Å². The van der Waals surface area contributed by atoms with E-state index in [0.717, 1.165) is 18.8 Å². The van der Waals surface area contributed by atoms with E-state index in [9.17, 15) is 0 Å². The summed E-state index contributed by atoms with van der Waals surface area (Å²) in [5.74, 6) is 0. The Labute approximate surface area is 150 Å². The lowest BCUT2D eigenvalue weighted by Gasteiger charge is -2.20. The SMILES string of the molecule is Cc1cccc(C)c1N=CN(Cc1ccccc1)Cc1ccccc1. The highest BCUT2D eigenvalue weighted by atomic mass is 15.1. The van der Waals surface area contributed by atoms with E-state index in [4.69, 9.17) is 4.99 Å². The molecule has 3 aromatic carbocycles. The largest absolute Gasteiger partial charge is 0.354 e. The molecule has 3 rings (SSSR count). The summed E-state index contributed by atoms with van der Waals surface area (Å²) in [6.45, 7) is 5.89. The molecule has 0 bridgehead atoms. The fourth-order valence-corrected chi connectivity index (χ4v) is 2.92. The van der Waals surface area contributed by atoms with Crippen LogP contribution in [0.3, 0.4) is 0 Å². The zero-order chi connectivity index (χ0) is 17.5. The molecule has 0 saturated heterocycles. The van der Waals surface area contributed by atoms with Gasteiger partial charge in [0, 0.05) is 13.1 Å². The summed E-state index contributed by atoms with van der Waals surface area (Å²) in [5, 5.41) is 0. The van der Waals surface area contributed by atoms with Gasteiger partial charge in [0.1, 0.15) is 0 Å². The van der Waals surface area contributed by atoms with E-state index < -0.39 is 0 Å². The lowest BCUT2D eigenvalue weighted by atomic mass is 10.1. The molecule has 126 valence electrons. The van der Waals surface area contributed by atoms with Crippen LogP contribution in [0.5, 0.6) is 0 Å². The van der Waals surface area contributed by atoms with E-state index in [-0.39, 0.29) is 0 Å². The first-order valence-corrected chi connectivity index (χ1v) is 8.64. The van der Waals surface area contributed by atoms with Crippen molar-refractivity contribution in [1.29, 1.82) is 0 Å². The van der Waals surface area contributed by atoms with Crippen LogP contribution in [0.15, 0.2) is 83.9 Å². The van der Waals surface area contributed by atoms with Crippen molar-refractivity contribution in [2.24, 2.45) is 4.99 Å². The molecular formula is C23H24N2. The average Bonchev–Trinajstić information content (AvgIpc) is 2.63. The highest BCUT2D eigenvalue weighted by Gasteiger charge is 2.05. The Hall–Kier alpha value is -2.87. The first kappa shape index (κ1) is 17.0. The van der Waals surface area contributed by atoms with Crippen LogP contribution >= 0.6 is 0 Å². The Balaban J connectivity index is 1.84. The number of nitrogens with zero attached hydrogens (tertiary/aromatic N) is 2. The smallest absolute Gasteiger partial charge is 0.0918 e. The lowest BCUT2D eigenvalue weighted by molar-refractivity contribution is 0.419. The Morgan fingerprint density at radius 2 is 1.16 bits per heavy atom. The Kier molecular flexibility index (Phi) is 5.63. The van der Waals surface area contributed by atoms with E-state index in [1.165, 1.54) is 22.3 Å². The van der Waals surface area contributed by atoms with Crippen LogP contribution in [-0.4, -0.2) is 11.2 Å². The van der Waals surface area contributed by atoms with Gasteiger partial charge < -0.3 is 4.90 Å². The highest BCUT2D eigenvalue weighted by molar-refractivity contribution is 5.65. The first-order valence-electron chi connectivity index (χ1n) is 8.64. The van der Waals surface area contributed by atoms with E-state index in [1.807, 2.05) is 6.34 Å². The quantitative estimate of drug-likeness (QED) is 0.421. The molecule has 0 amide bonds. The first-order chi connectivity index (χ1) is 12.2. The van der Waals surface area contributed by atoms with Crippen LogP contribution in [0.4, 0.5) is 5.69 Å². The molecule has 0 aliphatic rings. The normalized spacial score (nSPS) is 11.0. The van der Waals surface area contributed by atoms with Crippen molar-refractivity contribution in [1.82, 2.24) is 4.90 Å². The molecule has 0 saturated carbocycles. The number of hydrogen-bond donors (Lipinski definition) is 0. The standard InChI is InChI=1S/C23H24N2/c1-19-10-9-11-20(2)23(19)24-18-25(16-21-12-5-3-6-13-21)17-22-14-7-4-8-15-22/h3-15,18H,16-17H2,1-2H3. The van der Waals surface area contributed by atoms with Gasteiger partial charge >= 0.3 is 0 Å². The highest BCUT2D eigenvalue weighted by Crippen LogP contribution is 2.22. The van der Waals surface area contributed by atoms with Gasteiger partial charge in [-0.2, -0.15) is 0 Å². The monoisotopic (exact) mass is 328 g/mol. The summed E-state index contributed by atoms with van der Waals surface area (Å²) >= 11 is 0. The number of aryl methyl sites for hydroxylation is 2. The lowest BCUT2D eigenvalue weighted by Crippen LogP contribution is -2.21. The van der Waals surface area contributed by atoms with Crippen LogP contribution in [0.2, 0.25) is 0 Å².